The van der Waals surface area contributed by atoms with Gasteiger partial charge in [0.1, 0.15) is 5.75 Å². The van der Waals surface area contributed by atoms with E-state index in [2.05, 4.69) is 5.32 Å². The normalized spacial score (nSPS) is 9.26. The molecule has 0 atom stereocenters. The smallest absolute Gasteiger partial charge is 0.139 e. The molecule has 2 aromatic carbocycles. The van der Waals surface area contributed by atoms with Crippen LogP contribution < -0.4 is 11.1 Å². The lowest BCUT2D eigenvalue weighted by molar-refractivity contribution is 0.478. The van der Waals surface area contributed by atoms with E-state index in [1.807, 2.05) is 6.07 Å². The third kappa shape index (κ3) is 3.44. The van der Waals surface area contributed by atoms with E-state index in [4.69, 9.17) is 22.6 Å². The molecule has 98 valence electrons. The van der Waals surface area contributed by atoms with Crippen molar-refractivity contribution in [2.45, 2.75) is 0 Å². The summed E-state index contributed by atoms with van der Waals surface area (Å²) in [5, 5.41) is 21.9. The minimum absolute atomic E-state index is 0. The van der Waals surface area contributed by atoms with Gasteiger partial charge in [0.05, 0.1) is 28.7 Å². The number of nitrogens with one attached hydrogen (secondary N) is 1. The Bertz CT molecular complexity index is 638. The van der Waals surface area contributed by atoms with Crippen molar-refractivity contribution in [1.82, 2.24) is 0 Å². The molecule has 0 aromatic heterocycles. The van der Waals surface area contributed by atoms with Crippen LogP contribution in [0.2, 0.25) is 5.02 Å². The van der Waals surface area contributed by atoms with Gasteiger partial charge in [-0.2, -0.15) is 5.26 Å². The summed E-state index contributed by atoms with van der Waals surface area (Å²) in [6.07, 6.45) is 0. The van der Waals surface area contributed by atoms with Crippen LogP contribution in [0.3, 0.4) is 0 Å². The van der Waals surface area contributed by atoms with Crippen LogP contribution in [-0.2, 0) is 0 Å². The topological polar surface area (TPSA) is 82.1 Å². The van der Waals surface area contributed by atoms with Crippen LogP contribution in [0.5, 0.6) is 5.75 Å². The molecule has 0 unspecified atom stereocenters. The van der Waals surface area contributed by atoms with Crippen molar-refractivity contribution < 1.29 is 5.11 Å². The molecule has 0 fully saturated rings. The fourth-order valence-corrected chi connectivity index (χ4v) is 1.67. The highest BCUT2D eigenvalue weighted by Gasteiger charge is 2.05. The molecule has 0 aliphatic carbocycles. The Balaban J connectivity index is 0.00000180. The molecule has 4 N–H and O–H groups in total. The van der Waals surface area contributed by atoms with Crippen LogP contribution in [0.1, 0.15) is 5.56 Å². The van der Waals surface area contributed by atoms with E-state index in [9.17, 15) is 5.11 Å². The van der Waals surface area contributed by atoms with E-state index in [0.29, 0.717) is 27.6 Å². The van der Waals surface area contributed by atoms with Gasteiger partial charge in [-0.25, -0.2) is 0 Å². The van der Waals surface area contributed by atoms with Gasteiger partial charge in [-0.3, -0.25) is 0 Å². The fourth-order valence-electron chi connectivity index (χ4n) is 1.50. The molecule has 0 aliphatic rings. The quantitative estimate of drug-likeness (QED) is 0.583. The Hall–Kier alpha value is -2.09. The Morgan fingerprint density at radius 1 is 1.16 bits per heavy atom. The maximum atomic E-state index is 9.67. The van der Waals surface area contributed by atoms with Gasteiger partial charge in [-0.15, -0.1) is 12.4 Å². The number of hydrogen-bond acceptors (Lipinski definition) is 4. The number of nitrogen functional groups attached to an aromatic ring is 1. The second-order valence-electron chi connectivity index (χ2n) is 3.70. The number of benzene rings is 2. The highest BCUT2D eigenvalue weighted by molar-refractivity contribution is 6.31. The van der Waals surface area contributed by atoms with Crippen molar-refractivity contribution in [1.29, 1.82) is 5.26 Å². The highest BCUT2D eigenvalue weighted by Crippen LogP contribution is 2.31. The first-order chi connectivity index (χ1) is 8.60. The third-order valence-electron chi connectivity index (χ3n) is 2.41. The SMILES string of the molecule is Cl.N#Cc1ccc(Nc2cc(Cl)ccc2O)c(N)c1. The molecule has 6 heteroatoms. The van der Waals surface area contributed by atoms with Gasteiger partial charge in [-0.05, 0) is 36.4 Å². The van der Waals surface area contributed by atoms with Crippen LogP contribution >= 0.6 is 24.0 Å². The number of hydrogen-bond donors (Lipinski definition) is 3. The third-order valence-corrected chi connectivity index (χ3v) is 2.64. The average molecular weight is 296 g/mol. The average Bonchev–Trinajstić information content (AvgIpc) is 2.36. The molecule has 2 rings (SSSR count). The molecule has 4 nitrogen and oxygen atoms in total. The Morgan fingerprint density at radius 3 is 2.53 bits per heavy atom. The van der Waals surface area contributed by atoms with Gasteiger partial charge in [0, 0.05) is 5.02 Å². The van der Waals surface area contributed by atoms with Crippen molar-refractivity contribution in [3.05, 3.63) is 47.0 Å². The maximum Gasteiger partial charge on any atom is 0.139 e. The molecular weight excluding hydrogens is 285 g/mol. The van der Waals surface area contributed by atoms with Gasteiger partial charge in [0.2, 0.25) is 0 Å². The van der Waals surface area contributed by atoms with Gasteiger partial charge in [0.25, 0.3) is 0 Å². The van der Waals surface area contributed by atoms with Crippen molar-refractivity contribution in [3.63, 3.8) is 0 Å². The van der Waals surface area contributed by atoms with Crippen molar-refractivity contribution in [2.24, 2.45) is 0 Å². The van der Waals surface area contributed by atoms with E-state index in [0.717, 1.165) is 0 Å². The Morgan fingerprint density at radius 2 is 1.89 bits per heavy atom. The van der Waals surface area contributed by atoms with E-state index < -0.39 is 0 Å². The summed E-state index contributed by atoms with van der Waals surface area (Å²) in [5.74, 6) is 0.0724. The summed E-state index contributed by atoms with van der Waals surface area (Å²) in [6.45, 7) is 0. The standard InChI is InChI=1S/C13H10ClN3O.ClH/c14-9-2-4-13(18)12(6-9)17-11-3-1-8(7-15)5-10(11)16;/h1-6,17-18H,16H2;1H. The predicted octanol–water partition coefficient (Wildman–Crippen LogP) is 3.66. The molecule has 0 spiro atoms. The summed E-state index contributed by atoms with van der Waals surface area (Å²) in [6, 6.07) is 11.5. The van der Waals surface area contributed by atoms with Crippen LogP contribution in [0.4, 0.5) is 17.1 Å². The number of phenols is 1. The monoisotopic (exact) mass is 295 g/mol. The zero-order chi connectivity index (χ0) is 13.1. The first kappa shape index (κ1) is 15.0. The van der Waals surface area contributed by atoms with Gasteiger partial charge in [0.15, 0.2) is 0 Å². The number of halogens is 2. The zero-order valence-electron chi connectivity index (χ0n) is 9.72. The molecule has 0 saturated carbocycles. The van der Waals surface area contributed by atoms with Gasteiger partial charge < -0.3 is 16.2 Å². The van der Waals surface area contributed by atoms with Crippen LogP contribution in [0.15, 0.2) is 36.4 Å². The van der Waals surface area contributed by atoms with E-state index >= 15 is 0 Å². The summed E-state index contributed by atoms with van der Waals surface area (Å²) in [4.78, 5) is 0. The number of rotatable bonds is 2. The largest absolute Gasteiger partial charge is 0.506 e. The number of phenolic OH excluding ortho intramolecular Hbond substituents is 1. The zero-order valence-corrected chi connectivity index (χ0v) is 11.3. The number of nitrogens with zero attached hydrogens (tertiary/aromatic N) is 1. The van der Waals surface area contributed by atoms with E-state index in [1.54, 1.807) is 30.3 Å². The molecule has 0 aliphatic heterocycles. The molecule has 0 heterocycles. The minimum Gasteiger partial charge on any atom is -0.506 e. The number of anilines is 3. The fraction of sp³-hybridized carbons (Fsp3) is 0. The second-order valence-corrected chi connectivity index (χ2v) is 4.14. The molecule has 0 saturated heterocycles. The van der Waals surface area contributed by atoms with Crippen LogP contribution in [0.25, 0.3) is 0 Å². The van der Waals surface area contributed by atoms with Crippen molar-refractivity contribution in [2.75, 3.05) is 11.1 Å². The molecule has 0 amide bonds. The van der Waals surface area contributed by atoms with Crippen LogP contribution in [0, 0.1) is 11.3 Å². The molecule has 0 radical (unpaired) electrons. The van der Waals surface area contributed by atoms with Gasteiger partial charge in [-0.1, -0.05) is 11.6 Å². The van der Waals surface area contributed by atoms with E-state index in [1.165, 1.54) is 6.07 Å². The van der Waals surface area contributed by atoms with Crippen molar-refractivity contribution >= 4 is 41.1 Å². The number of nitrogens with two attached hydrogens (primary N) is 1. The molecule has 2 aromatic rings. The summed E-state index contributed by atoms with van der Waals surface area (Å²) in [5.41, 5.74) is 7.77. The Labute approximate surface area is 121 Å². The predicted molar refractivity (Wildman–Crippen MR) is 79.2 cm³/mol. The molecule has 19 heavy (non-hydrogen) atoms. The van der Waals surface area contributed by atoms with Gasteiger partial charge >= 0.3 is 0 Å². The Kier molecular flexibility index (Phi) is 4.87. The summed E-state index contributed by atoms with van der Waals surface area (Å²) in [7, 11) is 0. The van der Waals surface area contributed by atoms with Crippen molar-refractivity contribution in [3.8, 4) is 11.8 Å². The lowest BCUT2D eigenvalue weighted by Crippen LogP contribution is -1.97. The second kappa shape index (κ2) is 6.19. The minimum atomic E-state index is 0. The molecule has 0 bridgehead atoms. The van der Waals surface area contributed by atoms with E-state index in [-0.39, 0.29) is 18.2 Å². The molecular formula is C13H11Cl2N3O. The summed E-state index contributed by atoms with van der Waals surface area (Å²) >= 11 is 5.85. The maximum absolute atomic E-state index is 9.67. The lowest BCUT2D eigenvalue weighted by Gasteiger charge is -2.11. The highest BCUT2D eigenvalue weighted by atomic mass is 35.5. The number of aromatic hydroxyl groups is 1. The number of nitriles is 1. The lowest BCUT2D eigenvalue weighted by atomic mass is 10.2. The van der Waals surface area contributed by atoms with Crippen LogP contribution in [-0.4, -0.2) is 5.11 Å². The first-order valence-corrected chi connectivity index (χ1v) is 5.53. The first-order valence-electron chi connectivity index (χ1n) is 5.15. The summed E-state index contributed by atoms with van der Waals surface area (Å²) < 4.78 is 0.